The van der Waals surface area contributed by atoms with Crippen LogP contribution in [-0.2, 0) is 16.0 Å². The lowest BCUT2D eigenvalue weighted by molar-refractivity contribution is -0.122. The maximum atomic E-state index is 13.5. The van der Waals surface area contributed by atoms with Gasteiger partial charge in [-0.1, -0.05) is 48.2 Å². The van der Waals surface area contributed by atoms with Crippen LogP contribution in [0.2, 0.25) is 0 Å². The Morgan fingerprint density at radius 1 is 0.933 bits per heavy atom. The predicted molar refractivity (Wildman–Crippen MR) is 177 cm³/mol. The number of carboxylic acids is 1. The van der Waals surface area contributed by atoms with Gasteiger partial charge in [-0.2, -0.15) is 0 Å². The van der Waals surface area contributed by atoms with Crippen molar-refractivity contribution in [3.8, 4) is 28.4 Å². The van der Waals surface area contributed by atoms with Gasteiger partial charge in [0.25, 0.3) is 5.91 Å². The number of thiocarbonyl (C=S) groups is 1. The summed E-state index contributed by atoms with van der Waals surface area (Å²) in [5, 5.41) is 9.16. The fourth-order valence-corrected chi connectivity index (χ4v) is 6.61. The molecule has 0 aromatic heterocycles. The molecule has 0 unspecified atom stereocenters. The summed E-state index contributed by atoms with van der Waals surface area (Å²) >= 11 is 6.88. The van der Waals surface area contributed by atoms with Gasteiger partial charge in [0.2, 0.25) is 0 Å². The van der Waals surface area contributed by atoms with E-state index in [-0.39, 0.29) is 11.5 Å². The third kappa shape index (κ3) is 7.67. The number of nitrogens with zero attached hydrogens (tertiary/aromatic N) is 2. The van der Waals surface area contributed by atoms with Crippen molar-refractivity contribution in [1.29, 1.82) is 0 Å². The number of rotatable bonds is 10. The Labute approximate surface area is 271 Å². The quantitative estimate of drug-likeness (QED) is 0.229. The maximum absolute atomic E-state index is 13.5. The van der Waals surface area contributed by atoms with Crippen molar-refractivity contribution in [2.75, 3.05) is 59.2 Å². The molecule has 2 fully saturated rings. The van der Waals surface area contributed by atoms with E-state index in [1.54, 1.807) is 29.2 Å². The number of carbonyl (C=O) groups excluding carboxylic acids is 1. The molecule has 3 aromatic rings. The van der Waals surface area contributed by atoms with E-state index in [0.29, 0.717) is 47.8 Å². The van der Waals surface area contributed by atoms with Crippen LogP contribution in [0.25, 0.3) is 17.2 Å². The van der Waals surface area contributed by atoms with E-state index >= 15 is 0 Å². The van der Waals surface area contributed by atoms with Crippen molar-refractivity contribution in [1.82, 2.24) is 9.80 Å². The molecule has 11 heteroatoms. The normalized spacial score (nSPS) is 17.9. The van der Waals surface area contributed by atoms with Crippen LogP contribution in [0.3, 0.4) is 0 Å². The maximum Gasteiger partial charge on any atom is 0.335 e. The lowest BCUT2D eigenvalue weighted by Gasteiger charge is -2.26. The Morgan fingerprint density at radius 2 is 1.67 bits per heavy atom. The Kier molecular flexibility index (Phi) is 10.00. The highest BCUT2D eigenvalue weighted by atomic mass is 32.2. The molecule has 45 heavy (non-hydrogen) atoms. The summed E-state index contributed by atoms with van der Waals surface area (Å²) in [6.45, 7) is 6.13. The number of carbonyl (C=O) groups is 2. The first kappa shape index (κ1) is 31.1. The highest BCUT2D eigenvalue weighted by Crippen LogP contribution is 2.38. The summed E-state index contributed by atoms with van der Waals surface area (Å²) in [6.07, 6.45) is 3.24. The number of carboxylic acid groups (broad SMARTS) is 1. The van der Waals surface area contributed by atoms with E-state index < -0.39 is 5.97 Å². The summed E-state index contributed by atoms with van der Waals surface area (Å²) in [6, 6.07) is 18.6. The monoisotopic (exact) mass is 646 g/mol. The van der Waals surface area contributed by atoms with Crippen LogP contribution in [0, 0.1) is 0 Å². The Morgan fingerprint density at radius 3 is 2.44 bits per heavy atom. The molecule has 234 valence electrons. The van der Waals surface area contributed by atoms with Crippen LogP contribution in [-0.4, -0.2) is 90.3 Å². The molecule has 3 heterocycles. The minimum Gasteiger partial charge on any atom is -0.492 e. The number of hydrogen-bond donors (Lipinski definition) is 1. The molecule has 3 aliphatic rings. The molecule has 9 nitrogen and oxygen atoms in total. The predicted octanol–water partition coefficient (Wildman–Crippen LogP) is 5.37. The number of morpholine rings is 1. The molecule has 6 rings (SSSR count). The van der Waals surface area contributed by atoms with E-state index in [9.17, 15) is 9.59 Å². The SMILES string of the molecule is O=C(O)c1ccc(CCN2C(=O)/C(=C/c3cc(-c4ccc5c(c4)OCCCO5)ccc3OCCN3CCOCC3)SC2=S)cc1. The first-order valence-electron chi connectivity index (χ1n) is 15.0. The van der Waals surface area contributed by atoms with Gasteiger partial charge in [0.15, 0.2) is 11.5 Å². The van der Waals surface area contributed by atoms with Gasteiger partial charge in [0, 0.05) is 38.2 Å². The number of benzene rings is 3. The first-order valence-corrected chi connectivity index (χ1v) is 16.2. The second-order valence-electron chi connectivity index (χ2n) is 10.9. The fourth-order valence-electron chi connectivity index (χ4n) is 5.31. The largest absolute Gasteiger partial charge is 0.492 e. The molecule has 3 aliphatic heterocycles. The molecule has 0 aliphatic carbocycles. The van der Waals surface area contributed by atoms with Crippen LogP contribution in [0.15, 0.2) is 65.6 Å². The number of aromatic carboxylic acids is 1. The molecular formula is C34H34N2O7S2. The standard InChI is InChI=1S/C34H34N2O7S2/c37-32-31(45-34(44)36(32)11-10-23-2-4-24(5-3-23)33(38)39)22-27-20-25(26-7-9-29-30(21-26)42-16-1-15-41-29)6-8-28(27)43-19-14-35-12-17-40-18-13-35/h2-9,20-22H,1,10-19H2,(H,38,39)/b31-22-. The van der Waals surface area contributed by atoms with Crippen LogP contribution < -0.4 is 14.2 Å². The molecule has 2 saturated heterocycles. The fraction of sp³-hybridized carbons (Fsp3) is 0.324. The molecule has 0 bridgehead atoms. The lowest BCUT2D eigenvalue weighted by atomic mass is 10.0. The van der Waals surface area contributed by atoms with Gasteiger partial charge in [-0.15, -0.1) is 0 Å². The molecule has 0 saturated carbocycles. The van der Waals surface area contributed by atoms with Gasteiger partial charge in [-0.25, -0.2) is 4.79 Å². The van der Waals surface area contributed by atoms with Gasteiger partial charge < -0.3 is 24.1 Å². The molecular weight excluding hydrogens is 613 g/mol. The molecule has 0 atom stereocenters. The second kappa shape index (κ2) is 14.5. The van der Waals surface area contributed by atoms with Crippen molar-refractivity contribution in [2.45, 2.75) is 12.8 Å². The summed E-state index contributed by atoms with van der Waals surface area (Å²) in [7, 11) is 0. The van der Waals surface area contributed by atoms with Gasteiger partial charge >= 0.3 is 5.97 Å². The molecule has 0 spiro atoms. The van der Waals surface area contributed by atoms with Crippen LogP contribution in [0.1, 0.15) is 27.9 Å². The zero-order valence-corrected chi connectivity index (χ0v) is 26.4. The van der Waals surface area contributed by atoms with Gasteiger partial charge in [0.05, 0.1) is 36.9 Å². The number of amides is 1. The highest BCUT2D eigenvalue weighted by Gasteiger charge is 2.32. The van der Waals surface area contributed by atoms with Crippen molar-refractivity contribution >= 4 is 46.3 Å². The zero-order chi connectivity index (χ0) is 31.2. The van der Waals surface area contributed by atoms with Crippen molar-refractivity contribution in [3.63, 3.8) is 0 Å². The highest BCUT2D eigenvalue weighted by molar-refractivity contribution is 8.26. The molecule has 1 amide bonds. The molecule has 3 aromatic carbocycles. The van der Waals surface area contributed by atoms with E-state index in [1.165, 1.54) is 11.8 Å². The van der Waals surface area contributed by atoms with Crippen LogP contribution in [0.5, 0.6) is 17.2 Å². The summed E-state index contributed by atoms with van der Waals surface area (Å²) < 4.78 is 24.0. The smallest absolute Gasteiger partial charge is 0.335 e. The van der Waals surface area contributed by atoms with E-state index in [1.807, 2.05) is 42.5 Å². The molecule has 1 N–H and O–H groups in total. The van der Waals surface area contributed by atoms with Gasteiger partial charge in [-0.3, -0.25) is 14.6 Å². The van der Waals surface area contributed by atoms with E-state index in [2.05, 4.69) is 4.90 Å². The van der Waals surface area contributed by atoms with E-state index in [0.717, 1.165) is 73.0 Å². The van der Waals surface area contributed by atoms with Gasteiger partial charge in [0.1, 0.15) is 16.7 Å². The average molecular weight is 647 g/mol. The average Bonchev–Trinajstić information content (AvgIpc) is 3.19. The first-order chi connectivity index (χ1) is 21.9. The third-order valence-corrected chi connectivity index (χ3v) is 9.22. The third-order valence-electron chi connectivity index (χ3n) is 7.84. The van der Waals surface area contributed by atoms with Gasteiger partial charge in [-0.05, 0) is 65.6 Å². The summed E-state index contributed by atoms with van der Waals surface area (Å²) in [5.74, 6) is 1.01. The van der Waals surface area contributed by atoms with Crippen molar-refractivity contribution in [3.05, 3.63) is 82.3 Å². The van der Waals surface area contributed by atoms with Crippen LogP contribution >= 0.6 is 24.0 Å². The zero-order valence-electron chi connectivity index (χ0n) is 24.7. The minimum atomic E-state index is -0.971. The molecule has 0 radical (unpaired) electrons. The number of ether oxygens (including phenoxy) is 4. The number of thioether (sulfide) groups is 1. The summed E-state index contributed by atoms with van der Waals surface area (Å²) in [5.41, 5.74) is 3.86. The van der Waals surface area contributed by atoms with Crippen molar-refractivity contribution in [2.24, 2.45) is 0 Å². The van der Waals surface area contributed by atoms with Crippen LogP contribution in [0.4, 0.5) is 0 Å². The lowest BCUT2D eigenvalue weighted by Crippen LogP contribution is -2.38. The Balaban J connectivity index is 1.23. The minimum absolute atomic E-state index is 0.160. The number of fused-ring (bicyclic) bond motifs is 1. The Hall–Kier alpha value is -3.90. The second-order valence-corrected chi connectivity index (χ2v) is 12.5. The summed E-state index contributed by atoms with van der Waals surface area (Å²) in [4.78, 5) is 29.2. The van der Waals surface area contributed by atoms with Crippen molar-refractivity contribution < 1.29 is 33.6 Å². The number of hydrogen-bond acceptors (Lipinski definition) is 9. The topological polar surface area (TPSA) is 97.8 Å². The van der Waals surface area contributed by atoms with E-state index in [4.69, 9.17) is 36.3 Å². The Bertz CT molecular complexity index is 1600.